The minimum atomic E-state index is -3.05. The highest BCUT2D eigenvalue weighted by Crippen LogP contribution is 2.27. The Kier molecular flexibility index (Phi) is 4.99. The summed E-state index contributed by atoms with van der Waals surface area (Å²) in [6.07, 6.45) is 0.488. The van der Waals surface area contributed by atoms with Crippen molar-refractivity contribution in [3.8, 4) is 0 Å². The molecule has 0 bridgehead atoms. The van der Waals surface area contributed by atoms with Crippen LogP contribution in [-0.4, -0.2) is 49.2 Å². The highest BCUT2D eigenvalue weighted by molar-refractivity contribution is 7.91. The molecule has 1 amide bonds. The molecule has 0 saturated carbocycles. The van der Waals surface area contributed by atoms with Crippen molar-refractivity contribution in [3.63, 3.8) is 0 Å². The molecule has 9 heteroatoms. The summed E-state index contributed by atoms with van der Waals surface area (Å²) >= 11 is 0. The van der Waals surface area contributed by atoms with Gasteiger partial charge >= 0.3 is 0 Å². The number of hydrogen-bond donors (Lipinski definition) is 1. The Bertz CT molecular complexity index is 909. The molecule has 1 aliphatic heterocycles. The fourth-order valence-electron chi connectivity index (χ4n) is 3.04. The summed E-state index contributed by atoms with van der Waals surface area (Å²) < 4.78 is 38.0. The lowest BCUT2D eigenvalue weighted by Crippen LogP contribution is -2.31. The number of amides is 1. The van der Waals surface area contributed by atoms with Crippen molar-refractivity contribution in [2.24, 2.45) is 0 Å². The van der Waals surface area contributed by atoms with Crippen molar-refractivity contribution in [2.45, 2.75) is 19.4 Å². The van der Waals surface area contributed by atoms with Crippen LogP contribution in [0.2, 0.25) is 0 Å². The molecule has 2 aromatic rings. The Morgan fingerprint density at radius 3 is 2.69 bits per heavy atom. The number of aromatic nitrogens is 2. The maximum absolute atomic E-state index is 13.0. The van der Waals surface area contributed by atoms with Gasteiger partial charge in [-0.25, -0.2) is 17.5 Å². The van der Waals surface area contributed by atoms with Crippen LogP contribution < -0.4 is 10.2 Å². The first-order chi connectivity index (χ1) is 12.2. The van der Waals surface area contributed by atoms with Gasteiger partial charge in [-0.1, -0.05) is 0 Å². The first kappa shape index (κ1) is 18.4. The number of nitrogens with one attached hydrogen (secondary N) is 1. The Labute approximate surface area is 151 Å². The van der Waals surface area contributed by atoms with Crippen molar-refractivity contribution < 1.29 is 17.6 Å². The second kappa shape index (κ2) is 7.06. The second-order valence-corrected chi connectivity index (χ2v) is 8.78. The van der Waals surface area contributed by atoms with E-state index < -0.39 is 9.84 Å². The van der Waals surface area contributed by atoms with Gasteiger partial charge in [0, 0.05) is 18.8 Å². The van der Waals surface area contributed by atoms with E-state index in [0.29, 0.717) is 23.6 Å². The Balaban J connectivity index is 1.69. The molecule has 1 aromatic heterocycles. The minimum Gasteiger partial charge on any atom is -0.365 e. The number of anilines is 2. The molecule has 0 spiro atoms. The number of benzene rings is 1. The molecule has 1 aliphatic rings. The van der Waals surface area contributed by atoms with Crippen molar-refractivity contribution >= 4 is 27.2 Å². The van der Waals surface area contributed by atoms with Crippen LogP contribution in [0.1, 0.15) is 18.2 Å². The maximum Gasteiger partial charge on any atom is 0.245 e. The van der Waals surface area contributed by atoms with Gasteiger partial charge in [-0.05, 0) is 37.6 Å². The Hall–Kier alpha value is -2.42. The van der Waals surface area contributed by atoms with Gasteiger partial charge in [-0.15, -0.1) is 0 Å². The van der Waals surface area contributed by atoms with Gasteiger partial charge in [0.25, 0.3) is 0 Å². The molecule has 3 rings (SSSR count). The van der Waals surface area contributed by atoms with Crippen LogP contribution in [0.3, 0.4) is 0 Å². The van der Waals surface area contributed by atoms with Crippen molar-refractivity contribution in [1.29, 1.82) is 0 Å². The number of rotatable bonds is 5. The zero-order valence-electron chi connectivity index (χ0n) is 14.6. The summed E-state index contributed by atoms with van der Waals surface area (Å²) in [6, 6.07) is 7.33. The van der Waals surface area contributed by atoms with Gasteiger partial charge in [0.05, 0.1) is 29.8 Å². The third-order valence-electron chi connectivity index (χ3n) is 4.33. The second-order valence-electron chi connectivity index (χ2n) is 6.55. The number of halogens is 1. The molecular formula is C17H21FN4O3S. The number of carbonyl (C=O) groups is 1. The summed E-state index contributed by atoms with van der Waals surface area (Å²) in [4.78, 5) is 14.1. The standard InChI is InChI=1S/C17H21FN4O3S/c1-12-9-16(22(20-12)15-7-8-26(24,25)11-15)19-17(23)10-21(2)14-5-3-13(18)4-6-14/h3-6,9,15H,7-8,10-11H2,1-2H3,(H,19,23). The molecular weight excluding hydrogens is 359 g/mol. The largest absolute Gasteiger partial charge is 0.365 e. The average molecular weight is 380 g/mol. The van der Waals surface area contributed by atoms with Gasteiger partial charge in [0.2, 0.25) is 5.91 Å². The molecule has 1 atom stereocenters. The number of sulfone groups is 1. The van der Waals surface area contributed by atoms with Gasteiger partial charge < -0.3 is 10.2 Å². The van der Waals surface area contributed by atoms with Crippen molar-refractivity contribution in [1.82, 2.24) is 9.78 Å². The predicted octanol–water partition coefficient (Wildman–Crippen LogP) is 1.77. The molecule has 1 N–H and O–H groups in total. The number of likely N-dealkylation sites (N-methyl/N-ethyl adjacent to an activating group) is 1. The summed E-state index contributed by atoms with van der Waals surface area (Å²) in [5, 5.41) is 7.14. The lowest BCUT2D eigenvalue weighted by Gasteiger charge is -2.19. The van der Waals surface area contributed by atoms with Crippen LogP contribution in [0.15, 0.2) is 30.3 Å². The molecule has 1 fully saturated rings. The SMILES string of the molecule is Cc1cc(NC(=O)CN(C)c2ccc(F)cc2)n(C2CCS(=O)(=O)C2)n1. The quantitative estimate of drug-likeness (QED) is 0.855. The summed E-state index contributed by atoms with van der Waals surface area (Å²) in [5.41, 5.74) is 1.42. The number of nitrogens with zero attached hydrogens (tertiary/aromatic N) is 3. The first-order valence-corrected chi connectivity index (χ1v) is 10.1. The van der Waals surface area contributed by atoms with Gasteiger partial charge in [-0.2, -0.15) is 5.10 Å². The minimum absolute atomic E-state index is 0.0342. The third kappa shape index (κ3) is 4.21. The molecule has 26 heavy (non-hydrogen) atoms. The van der Waals surface area contributed by atoms with Gasteiger partial charge in [-0.3, -0.25) is 4.79 Å². The van der Waals surface area contributed by atoms with E-state index >= 15 is 0 Å². The highest BCUT2D eigenvalue weighted by Gasteiger charge is 2.31. The van der Waals surface area contributed by atoms with E-state index in [0.717, 1.165) is 0 Å². The smallest absolute Gasteiger partial charge is 0.245 e. The van der Waals surface area contributed by atoms with E-state index in [2.05, 4.69) is 10.4 Å². The number of aryl methyl sites for hydroxylation is 1. The fourth-order valence-corrected chi connectivity index (χ4v) is 4.73. The number of hydrogen-bond acceptors (Lipinski definition) is 5. The lowest BCUT2D eigenvalue weighted by atomic mass is 10.2. The average Bonchev–Trinajstić information content (AvgIpc) is 3.09. The summed E-state index contributed by atoms with van der Waals surface area (Å²) in [5.74, 6) is 0.0578. The van der Waals surface area contributed by atoms with Crippen LogP contribution in [0, 0.1) is 12.7 Å². The molecule has 0 aliphatic carbocycles. The van der Waals surface area contributed by atoms with Crippen LogP contribution in [0.5, 0.6) is 0 Å². The van der Waals surface area contributed by atoms with E-state index in [-0.39, 0.29) is 35.8 Å². The molecule has 1 saturated heterocycles. The monoisotopic (exact) mass is 380 g/mol. The van der Waals surface area contributed by atoms with Crippen molar-refractivity contribution in [2.75, 3.05) is 35.3 Å². The van der Waals surface area contributed by atoms with E-state index in [1.54, 1.807) is 41.8 Å². The summed E-state index contributed by atoms with van der Waals surface area (Å²) in [7, 11) is -1.32. The van der Waals surface area contributed by atoms with Crippen LogP contribution >= 0.6 is 0 Å². The highest BCUT2D eigenvalue weighted by atomic mass is 32.2. The van der Waals surface area contributed by atoms with Crippen LogP contribution in [0.25, 0.3) is 0 Å². The molecule has 1 unspecified atom stereocenters. The van der Waals surface area contributed by atoms with E-state index in [9.17, 15) is 17.6 Å². The first-order valence-electron chi connectivity index (χ1n) is 8.27. The van der Waals surface area contributed by atoms with E-state index in [4.69, 9.17) is 0 Å². The van der Waals surface area contributed by atoms with Crippen LogP contribution in [0.4, 0.5) is 15.9 Å². The van der Waals surface area contributed by atoms with Gasteiger partial charge in [0.1, 0.15) is 11.6 Å². The molecule has 1 aromatic carbocycles. The van der Waals surface area contributed by atoms with Gasteiger partial charge in [0.15, 0.2) is 9.84 Å². The lowest BCUT2D eigenvalue weighted by molar-refractivity contribution is -0.115. The van der Waals surface area contributed by atoms with E-state index in [1.165, 1.54) is 12.1 Å². The molecule has 7 nitrogen and oxygen atoms in total. The van der Waals surface area contributed by atoms with Crippen LogP contribution in [-0.2, 0) is 14.6 Å². The van der Waals surface area contributed by atoms with E-state index in [1.807, 2.05) is 0 Å². The zero-order chi connectivity index (χ0) is 18.9. The molecule has 0 radical (unpaired) electrons. The zero-order valence-corrected chi connectivity index (χ0v) is 15.5. The normalized spacial score (nSPS) is 18.7. The molecule has 2 heterocycles. The van der Waals surface area contributed by atoms with Crippen molar-refractivity contribution in [3.05, 3.63) is 41.8 Å². The maximum atomic E-state index is 13.0. The third-order valence-corrected chi connectivity index (χ3v) is 6.08. The topological polar surface area (TPSA) is 84.3 Å². The number of carbonyl (C=O) groups excluding carboxylic acids is 1. The Morgan fingerprint density at radius 2 is 2.08 bits per heavy atom. The Morgan fingerprint density at radius 1 is 1.38 bits per heavy atom. The summed E-state index contributed by atoms with van der Waals surface area (Å²) in [6.45, 7) is 1.86. The molecule has 140 valence electrons. The fraction of sp³-hybridized carbons (Fsp3) is 0.412. The predicted molar refractivity (Wildman–Crippen MR) is 97.6 cm³/mol.